The van der Waals surface area contributed by atoms with Crippen LogP contribution < -0.4 is 0 Å². The minimum Gasteiger partial charge on any atom is -0.336 e. The zero-order chi connectivity index (χ0) is 8.72. The van der Waals surface area contributed by atoms with E-state index in [4.69, 9.17) is 0 Å². The lowest BCUT2D eigenvalue weighted by Crippen LogP contribution is -2.39. The molecule has 0 spiro atoms. The van der Waals surface area contributed by atoms with Crippen molar-refractivity contribution in [2.24, 2.45) is 0 Å². The second kappa shape index (κ2) is 2.95. The van der Waals surface area contributed by atoms with Crippen LogP contribution in [0.25, 0.3) is 0 Å². The third-order valence-corrected chi connectivity index (χ3v) is 3.29. The first-order valence-corrected chi connectivity index (χ1v) is 5.22. The summed E-state index contributed by atoms with van der Waals surface area (Å²) in [6, 6.07) is 1.11. The van der Waals surface area contributed by atoms with Crippen molar-refractivity contribution in [1.82, 2.24) is 4.90 Å². The van der Waals surface area contributed by atoms with Crippen LogP contribution in [-0.4, -0.2) is 28.1 Å². The molecule has 3 heteroatoms. The number of carbonyl (C=O) groups excluding carboxylic acids is 1. The van der Waals surface area contributed by atoms with Crippen LogP contribution in [0, 0.1) is 0 Å². The number of fused-ring (bicyclic) bond motifs is 2. The van der Waals surface area contributed by atoms with Crippen molar-refractivity contribution in [3.8, 4) is 0 Å². The monoisotopic (exact) mass is 185 g/mol. The fourth-order valence-electron chi connectivity index (χ4n) is 2.49. The maximum atomic E-state index is 11.7. The summed E-state index contributed by atoms with van der Waals surface area (Å²) in [5, 5.41) is -0.119. The van der Waals surface area contributed by atoms with Crippen molar-refractivity contribution in [1.29, 1.82) is 0 Å². The van der Waals surface area contributed by atoms with Crippen molar-refractivity contribution in [3.63, 3.8) is 0 Å². The lowest BCUT2D eigenvalue weighted by molar-refractivity contribution is -0.131. The van der Waals surface area contributed by atoms with Crippen LogP contribution in [0.1, 0.15) is 32.6 Å². The minimum absolute atomic E-state index is 0.119. The van der Waals surface area contributed by atoms with E-state index in [9.17, 15) is 4.79 Å². The molecular weight excluding hydrogens is 170 g/mol. The number of hydrogen-bond donors (Lipinski definition) is 1. The summed E-state index contributed by atoms with van der Waals surface area (Å²) in [6.07, 6.45) is 4.88. The average Bonchev–Trinajstić information content (AvgIpc) is 2.61. The molecule has 2 aliphatic rings. The maximum Gasteiger partial charge on any atom is 0.235 e. The van der Waals surface area contributed by atoms with E-state index < -0.39 is 0 Å². The van der Waals surface area contributed by atoms with Crippen LogP contribution in [0.3, 0.4) is 0 Å². The zero-order valence-corrected chi connectivity index (χ0v) is 8.26. The van der Waals surface area contributed by atoms with E-state index in [-0.39, 0.29) is 11.2 Å². The second-order valence-corrected chi connectivity index (χ2v) is 4.66. The van der Waals surface area contributed by atoms with Gasteiger partial charge in [-0.3, -0.25) is 4.79 Å². The van der Waals surface area contributed by atoms with Crippen molar-refractivity contribution in [2.75, 3.05) is 0 Å². The number of amides is 1. The highest BCUT2D eigenvalue weighted by atomic mass is 32.1. The number of nitrogens with zero attached hydrogens (tertiary/aromatic N) is 1. The molecule has 2 aliphatic heterocycles. The van der Waals surface area contributed by atoms with Gasteiger partial charge in [-0.15, -0.1) is 0 Å². The molecule has 68 valence electrons. The van der Waals surface area contributed by atoms with Gasteiger partial charge in [-0.1, -0.05) is 0 Å². The molecule has 2 heterocycles. The molecule has 2 saturated heterocycles. The first-order chi connectivity index (χ1) is 5.70. The van der Waals surface area contributed by atoms with Crippen molar-refractivity contribution in [2.45, 2.75) is 49.9 Å². The van der Waals surface area contributed by atoms with Gasteiger partial charge in [-0.05, 0) is 32.6 Å². The van der Waals surface area contributed by atoms with Gasteiger partial charge < -0.3 is 4.90 Å². The van der Waals surface area contributed by atoms with Gasteiger partial charge in [-0.2, -0.15) is 12.6 Å². The molecule has 1 atom stereocenters. The van der Waals surface area contributed by atoms with E-state index in [1.165, 1.54) is 25.7 Å². The Morgan fingerprint density at radius 1 is 1.33 bits per heavy atom. The van der Waals surface area contributed by atoms with Crippen molar-refractivity contribution >= 4 is 18.5 Å². The number of carbonyl (C=O) groups is 1. The highest BCUT2D eigenvalue weighted by Crippen LogP contribution is 2.37. The molecule has 1 unspecified atom stereocenters. The van der Waals surface area contributed by atoms with Gasteiger partial charge in [0.15, 0.2) is 0 Å². The zero-order valence-electron chi connectivity index (χ0n) is 7.36. The summed E-state index contributed by atoms with van der Waals surface area (Å²) in [5.74, 6) is 0.239. The van der Waals surface area contributed by atoms with Crippen molar-refractivity contribution in [3.05, 3.63) is 0 Å². The van der Waals surface area contributed by atoms with Gasteiger partial charge in [0.2, 0.25) is 5.91 Å². The Balaban J connectivity index is 2.09. The molecular formula is C9H15NOS. The third-order valence-electron chi connectivity index (χ3n) is 3.06. The Morgan fingerprint density at radius 3 is 2.08 bits per heavy atom. The number of rotatable bonds is 1. The highest BCUT2D eigenvalue weighted by Gasteiger charge is 2.42. The Morgan fingerprint density at radius 2 is 1.75 bits per heavy atom. The first-order valence-electron chi connectivity index (χ1n) is 4.70. The fraction of sp³-hybridized carbons (Fsp3) is 0.889. The molecule has 2 rings (SSSR count). The highest BCUT2D eigenvalue weighted by molar-refractivity contribution is 7.81. The van der Waals surface area contributed by atoms with Gasteiger partial charge in [0.25, 0.3) is 0 Å². The molecule has 2 bridgehead atoms. The largest absolute Gasteiger partial charge is 0.336 e. The summed E-state index contributed by atoms with van der Waals surface area (Å²) in [6.45, 7) is 1.86. The van der Waals surface area contributed by atoms with Gasteiger partial charge in [0, 0.05) is 12.1 Å². The van der Waals surface area contributed by atoms with Crippen LogP contribution in [0.5, 0.6) is 0 Å². The number of hydrogen-bond acceptors (Lipinski definition) is 2. The topological polar surface area (TPSA) is 20.3 Å². The van der Waals surface area contributed by atoms with Gasteiger partial charge in [0.1, 0.15) is 0 Å². The molecule has 0 radical (unpaired) electrons. The van der Waals surface area contributed by atoms with E-state index >= 15 is 0 Å². The molecule has 2 nitrogen and oxygen atoms in total. The van der Waals surface area contributed by atoms with Gasteiger partial charge >= 0.3 is 0 Å². The lowest BCUT2D eigenvalue weighted by Gasteiger charge is -2.23. The normalized spacial score (nSPS) is 35.7. The van der Waals surface area contributed by atoms with E-state index in [2.05, 4.69) is 17.5 Å². The summed E-state index contributed by atoms with van der Waals surface area (Å²) in [5.41, 5.74) is 0. The summed E-state index contributed by atoms with van der Waals surface area (Å²) in [4.78, 5) is 13.7. The van der Waals surface area contributed by atoms with Crippen LogP contribution >= 0.6 is 12.6 Å². The second-order valence-electron chi connectivity index (χ2n) is 3.88. The molecule has 12 heavy (non-hydrogen) atoms. The lowest BCUT2D eigenvalue weighted by atomic mass is 10.0. The van der Waals surface area contributed by atoms with Crippen LogP contribution in [0.15, 0.2) is 0 Å². The number of thiol groups is 1. The summed E-state index contributed by atoms with van der Waals surface area (Å²) in [7, 11) is 0. The molecule has 0 aliphatic carbocycles. The predicted octanol–water partition coefficient (Wildman–Crippen LogP) is 1.46. The van der Waals surface area contributed by atoms with Crippen molar-refractivity contribution < 1.29 is 4.79 Å². The Labute approximate surface area is 78.7 Å². The molecule has 0 aromatic heterocycles. The third kappa shape index (κ3) is 1.15. The Bertz CT molecular complexity index is 185. The van der Waals surface area contributed by atoms with Gasteiger partial charge in [-0.25, -0.2) is 0 Å². The predicted molar refractivity (Wildman–Crippen MR) is 51.3 cm³/mol. The first kappa shape index (κ1) is 8.42. The molecule has 0 aromatic rings. The van der Waals surface area contributed by atoms with E-state index in [1.807, 2.05) is 6.92 Å². The molecule has 0 aromatic carbocycles. The van der Waals surface area contributed by atoms with Crippen LogP contribution in [-0.2, 0) is 4.79 Å². The maximum absolute atomic E-state index is 11.7. The van der Waals surface area contributed by atoms with Gasteiger partial charge in [0.05, 0.1) is 5.25 Å². The summed E-state index contributed by atoms with van der Waals surface area (Å²) >= 11 is 4.19. The SMILES string of the molecule is CC(S)C(=O)N1C2CCC1CC2. The average molecular weight is 185 g/mol. The molecule has 2 fully saturated rings. The van der Waals surface area contributed by atoms with E-state index in [0.29, 0.717) is 12.1 Å². The fourth-order valence-corrected chi connectivity index (χ4v) is 2.62. The smallest absolute Gasteiger partial charge is 0.235 e. The van der Waals surface area contributed by atoms with Crippen LogP contribution in [0.2, 0.25) is 0 Å². The Hall–Kier alpha value is -0.180. The quantitative estimate of drug-likeness (QED) is 0.613. The van der Waals surface area contributed by atoms with E-state index in [1.54, 1.807) is 0 Å². The Kier molecular flexibility index (Phi) is 2.07. The molecule has 0 saturated carbocycles. The molecule has 0 N–H and O–H groups in total. The minimum atomic E-state index is -0.119. The molecule has 1 amide bonds. The van der Waals surface area contributed by atoms with E-state index in [0.717, 1.165) is 0 Å². The summed E-state index contributed by atoms with van der Waals surface area (Å²) < 4.78 is 0. The standard InChI is InChI=1S/C9H15NOS/c1-6(12)9(11)10-7-2-3-8(10)5-4-7/h6-8,12H,2-5H2,1H3. The van der Waals surface area contributed by atoms with Crippen LogP contribution in [0.4, 0.5) is 0 Å².